The summed E-state index contributed by atoms with van der Waals surface area (Å²) in [7, 11) is 0. The average Bonchev–Trinajstić information content (AvgIpc) is 2.10. The highest BCUT2D eigenvalue weighted by atomic mass is 32.2. The summed E-state index contributed by atoms with van der Waals surface area (Å²) >= 11 is 1.82. The molecule has 0 aromatic heterocycles. The first-order valence-electron chi connectivity index (χ1n) is 4.66. The molecule has 0 aromatic rings. The molecule has 0 heterocycles. The van der Waals surface area contributed by atoms with Gasteiger partial charge in [0.1, 0.15) is 0 Å². The van der Waals surface area contributed by atoms with Gasteiger partial charge in [0, 0.05) is 17.0 Å². The second kappa shape index (κ2) is 7.90. The van der Waals surface area contributed by atoms with Crippen LogP contribution in [0.3, 0.4) is 0 Å². The van der Waals surface area contributed by atoms with Crippen LogP contribution in [0.4, 0.5) is 0 Å². The van der Waals surface area contributed by atoms with Crippen LogP contribution in [0.5, 0.6) is 0 Å². The first-order chi connectivity index (χ1) is 5.70. The highest BCUT2D eigenvalue weighted by Gasteiger charge is 2.04. The molecule has 0 aliphatic rings. The number of aliphatic hydroxyl groups is 1. The molecule has 0 saturated carbocycles. The minimum Gasteiger partial charge on any atom is -0.395 e. The Kier molecular flexibility index (Phi) is 8.07. The lowest BCUT2D eigenvalue weighted by Gasteiger charge is -2.14. The van der Waals surface area contributed by atoms with E-state index in [-0.39, 0.29) is 6.61 Å². The fourth-order valence-corrected chi connectivity index (χ4v) is 1.65. The minimum absolute atomic E-state index is 0.283. The quantitative estimate of drug-likeness (QED) is 0.639. The number of hydrogen-bond acceptors (Lipinski definition) is 3. The maximum atomic E-state index is 8.78. The zero-order valence-corrected chi connectivity index (χ0v) is 9.16. The van der Waals surface area contributed by atoms with Gasteiger partial charge in [-0.2, -0.15) is 11.8 Å². The molecule has 74 valence electrons. The summed E-state index contributed by atoms with van der Waals surface area (Å²) in [6.45, 7) is 7.79. The lowest BCUT2D eigenvalue weighted by atomic mass is 10.3. The molecule has 0 aliphatic heterocycles. The molecule has 2 unspecified atom stereocenters. The number of rotatable bonds is 7. The Morgan fingerprint density at radius 1 is 1.42 bits per heavy atom. The van der Waals surface area contributed by atoms with Crippen molar-refractivity contribution in [3.8, 4) is 0 Å². The molecule has 0 saturated heterocycles. The largest absolute Gasteiger partial charge is 0.395 e. The maximum Gasteiger partial charge on any atom is 0.0547 e. The maximum absolute atomic E-state index is 8.78. The predicted molar refractivity (Wildman–Crippen MR) is 56.8 cm³/mol. The first kappa shape index (κ1) is 12.3. The van der Waals surface area contributed by atoms with Crippen molar-refractivity contribution < 1.29 is 5.11 Å². The molecule has 2 atom stereocenters. The monoisotopic (exact) mass is 191 g/mol. The van der Waals surface area contributed by atoms with Crippen molar-refractivity contribution in [2.24, 2.45) is 0 Å². The van der Waals surface area contributed by atoms with Crippen molar-refractivity contribution in [3.63, 3.8) is 0 Å². The van der Waals surface area contributed by atoms with Gasteiger partial charge in [0.15, 0.2) is 0 Å². The highest BCUT2D eigenvalue weighted by molar-refractivity contribution is 7.99. The minimum atomic E-state index is 0.283. The zero-order chi connectivity index (χ0) is 9.40. The van der Waals surface area contributed by atoms with Crippen LogP contribution >= 0.6 is 11.8 Å². The van der Waals surface area contributed by atoms with Gasteiger partial charge in [-0.3, -0.25) is 0 Å². The number of nitrogens with one attached hydrogen (secondary N) is 1. The fraction of sp³-hybridized carbons (Fsp3) is 1.00. The number of hydrogen-bond donors (Lipinski definition) is 2. The Morgan fingerprint density at radius 2 is 2.08 bits per heavy atom. The molecule has 0 aliphatic carbocycles. The molecule has 0 radical (unpaired) electrons. The molecule has 2 nitrogen and oxygen atoms in total. The standard InChI is InChI=1S/C9H21NOS/c1-4-5-10-8(2)7-12-9(3)6-11/h8-11H,4-7H2,1-3H3. The average molecular weight is 191 g/mol. The third kappa shape index (κ3) is 6.95. The van der Waals surface area contributed by atoms with Crippen molar-refractivity contribution in [1.82, 2.24) is 5.32 Å². The van der Waals surface area contributed by atoms with Gasteiger partial charge in [-0.25, -0.2) is 0 Å². The van der Waals surface area contributed by atoms with Crippen LogP contribution in [0.1, 0.15) is 27.2 Å². The van der Waals surface area contributed by atoms with E-state index >= 15 is 0 Å². The van der Waals surface area contributed by atoms with Gasteiger partial charge in [-0.05, 0) is 19.9 Å². The van der Waals surface area contributed by atoms with Crippen LogP contribution < -0.4 is 5.32 Å². The van der Waals surface area contributed by atoms with E-state index in [1.807, 2.05) is 11.8 Å². The summed E-state index contributed by atoms with van der Waals surface area (Å²) in [6, 6.07) is 0.559. The molecule has 0 aromatic carbocycles. The van der Waals surface area contributed by atoms with Gasteiger partial charge in [0.25, 0.3) is 0 Å². The van der Waals surface area contributed by atoms with E-state index in [2.05, 4.69) is 26.1 Å². The molecule has 2 N–H and O–H groups in total. The zero-order valence-electron chi connectivity index (χ0n) is 8.34. The lowest BCUT2D eigenvalue weighted by Crippen LogP contribution is -2.29. The number of aliphatic hydroxyl groups excluding tert-OH is 1. The lowest BCUT2D eigenvalue weighted by molar-refractivity contribution is 0.300. The Labute approximate surface area is 80.1 Å². The Hall–Kier alpha value is 0.270. The molecule has 0 spiro atoms. The van der Waals surface area contributed by atoms with Crippen LogP contribution in [0.2, 0.25) is 0 Å². The van der Waals surface area contributed by atoms with Crippen LogP contribution in [-0.4, -0.2) is 35.3 Å². The highest BCUT2D eigenvalue weighted by Crippen LogP contribution is 2.10. The van der Waals surface area contributed by atoms with E-state index in [1.165, 1.54) is 6.42 Å². The van der Waals surface area contributed by atoms with Crippen molar-refractivity contribution in [2.45, 2.75) is 38.5 Å². The molecule has 0 fully saturated rings. The third-order valence-corrected chi connectivity index (χ3v) is 3.04. The fourth-order valence-electron chi connectivity index (χ4n) is 0.811. The van der Waals surface area contributed by atoms with E-state index in [0.29, 0.717) is 11.3 Å². The van der Waals surface area contributed by atoms with Crippen molar-refractivity contribution in [2.75, 3.05) is 18.9 Å². The van der Waals surface area contributed by atoms with Crippen LogP contribution in [-0.2, 0) is 0 Å². The Balaban J connectivity index is 3.24. The molecule has 0 rings (SSSR count). The molecule has 0 bridgehead atoms. The first-order valence-corrected chi connectivity index (χ1v) is 5.71. The predicted octanol–water partition coefficient (Wildman–Crippen LogP) is 1.49. The topological polar surface area (TPSA) is 32.3 Å². The third-order valence-electron chi connectivity index (χ3n) is 1.63. The van der Waals surface area contributed by atoms with Crippen molar-refractivity contribution in [1.29, 1.82) is 0 Å². The summed E-state index contributed by atoms with van der Waals surface area (Å²) in [6.07, 6.45) is 1.19. The normalized spacial score (nSPS) is 16.0. The summed E-state index contributed by atoms with van der Waals surface area (Å²) in [5.74, 6) is 1.09. The smallest absolute Gasteiger partial charge is 0.0547 e. The van der Waals surface area contributed by atoms with Crippen LogP contribution in [0.25, 0.3) is 0 Å². The van der Waals surface area contributed by atoms with Crippen molar-refractivity contribution >= 4 is 11.8 Å². The van der Waals surface area contributed by atoms with E-state index < -0.39 is 0 Å². The van der Waals surface area contributed by atoms with Crippen LogP contribution in [0.15, 0.2) is 0 Å². The van der Waals surface area contributed by atoms with E-state index in [9.17, 15) is 0 Å². The molecular formula is C9H21NOS. The van der Waals surface area contributed by atoms with E-state index in [0.717, 1.165) is 12.3 Å². The van der Waals surface area contributed by atoms with Gasteiger partial charge in [-0.1, -0.05) is 13.8 Å². The van der Waals surface area contributed by atoms with Gasteiger partial charge >= 0.3 is 0 Å². The molecule has 0 amide bonds. The Morgan fingerprint density at radius 3 is 2.58 bits per heavy atom. The molecule has 3 heteroatoms. The molecular weight excluding hydrogens is 170 g/mol. The SMILES string of the molecule is CCCNC(C)CSC(C)CO. The summed E-state index contributed by atoms with van der Waals surface area (Å²) in [5, 5.41) is 12.6. The summed E-state index contributed by atoms with van der Waals surface area (Å²) in [4.78, 5) is 0. The second-order valence-corrected chi connectivity index (χ2v) is 4.65. The summed E-state index contributed by atoms with van der Waals surface area (Å²) < 4.78 is 0. The van der Waals surface area contributed by atoms with E-state index in [4.69, 9.17) is 5.11 Å². The number of thioether (sulfide) groups is 1. The van der Waals surface area contributed by atoms with E-state index in [1.54, 1.807) is 0 Å². The van der Waals surface area contributed by atoms with Crippen LogP contribution in [0, 0.1) is 0 Å². The van der Waals surface area contributed by atoms with Gasteiger partial charge in [0.05, 0.1) is 6.61 Å². The summed E-state index contributed by atoms with van der Waals surface area (Å²) in [5.41, 5.74) is 0. The Bertz CT molecular complexity index is 101. The van der Waals surface area contributed by atoms with Gasteiger partial charge in [-0.15, -0.1) is 0 Å². The van der Waals surface area contributed by atoms with Gasteiger partial charge < -0.3 is 10.4 Å². The molecule has 12 heavy (non-hydrogen) atoms. The van der Waals surface area contributed by atoms with Gasteiger partial charge in [0.2, 0.25) is 0 Å². The van der Waals surface area contributed by atoms with Crippen molar-refractivity contribution in [3.05, 3.63) is 0 Å². The second-order valence-electron chi connectivity index (χ2n) is 3.18.